The van der Waals surface area contributed by atoms with Crippen LogP contribution in [0.1, 0.15) is 28.8 Å². The lowest BCUT2D eigenvalue weighted by Gasteiger charge is -2.34. The van der Waals surface area contributed by atoms with E-state index >= 15 is 0 Å². The van der Waals surface area contributed by atoms with Gasteiger partial charge in [0.05, 0.1) is 18.7 Å². The third-order valence-corrected chi connectivity index (χ3v) is 5.33. The minimum absolute atomic E-state index is 0.00779. The summed E-state index contributed by atoms with van der Waals surface area (Å²) in [6.07, 6.45) is -0.399. The number of carbonyl (C=O) groups is 3. The van der Waals surface area contributed by atoms with Crippen molar-refractivity contribution in [1.82, 2.24) is 4.90 Å². The molecule has 1 aliphatic heterocycles. The number of rotatable bonds is 6. The summed E-state index contributed by atoms with van der Waals surface area (Å²) in [5.74, 6) is -1.99. The van der Waals surface area contributed by atoms with E-state index in [0.29, 0.717) is 11.3 Å². The molecule has 3 amide bonds. The molecule has 1 saturated heterocycles. The Morgan fingerprint density at radius 2 is 1.77 bits per heavy atom. The molecule has 4 N–H and O–H groups in total. The lowest BCUT2D eigenvalue weighted by Crippen LogP contribution is -2.57. The fourth-order valence-corrected chi connectivity index (χ4v) is 3.88. The molecule has 0 radical (unpaired) electrons. The standard InChI is InChI=1S/C22H24N4O4/c1-14-5-3-4-6-18(14)15-7-9-16(10-8-15)20(28)26-13-17(25-30-2)11-22(26,21(24)29)12-19(23)27/h3-10H,11-13H2,1-2H3,(H2,23,27)(H2,24,29). The molecular formula is C22H24N4O4. The number of aryl methyl sites for hydroxylation is 1. The van der Waals surface area contributed by atoms with Gasteiger partial charge >= 0.3 is 0 Å². The first kappa shape index (κ1) is 21.0. The topological polar surface area (TPSA) is 128 Å². The van der Waals surface area contributed by atoms with Crippen molar-refractivity contribution < 1.29 is 19.2 Å². The third-order valence-electron chi connectivity index (χ3n) is 5.33. The van der Waals surface area contributed by atoms with Crippen molar-refractivity contribution in [2.75, 3.05) is 13.7 Å². The van der Waals surface area contributed by atoms with Crippen molar-refractivity contribution in [3.63, 3.8) is 0 Å². The highest BCUT2D eigenvalue weighted by Gasteiger charge is 2.52. The van der Waals surface area contributed by atoms with Gasteiger partial charge in [0, 0.05) is 12.0 Å². The second-order valence-corrected chi connectivity index (χ2v) is 7.34. The normalized spacial score (nSPS) is 19.7. The van der Waals surface area contributed by atoms with Crippen LogP contribution in [0, 0.1) is 6.92 Å². The van der Waals surface area contributed by atoms with E-state index < -0.39 is 29.7 Å². The van der Waals surface area contributed by atoms with Crippen LogP contribution in [0.5, 0.6) is 0 Å². The molecule has 156 valence electrons. The van der Waals surface area contributed by atoms with Gasteiger partial charge in [-0.05, 0) is 35.7 Å². The summed E-state index contributed by atoms with van der Waals surface area (Å²) in [6.45, 7) is 2.03. The Balaban J connectivity index is 1.96. The lowest BCUT2D eigenvalue weighted by molar-refractivity contribution is -0.132. The number of primary amides is 2. The van der Waals surface area contributed by atoms with E-state index in [9.17, 15) is 14.4 Å². The molecule has 1 unspecified atom stereocenters. The molecule has 0 aromatic heterocycles. The first-order valence-corrected chi connectivity index (χ1v) is 9.43. The molecule has 8 heteroatoms. The van der Waals surface area contributed by atoms with Crippen LogP contribution < -0.4 is 11.5 Å². The van der Waals surface area contributed by atoms with Crippen LogP contribution in [-0.4, -0.2) is 47.5 Å². The number of hydrogen-bond acceptors (Lipinski definition) is 5. The summed E-state index contributed by atoms with van der Waals surface area (Å²) in [4.78, 5) is 43.4. The summed E-state index contributed by atoms with van der Waals surface area (Å²) in [6, 6.07) is 15.0. The maximum atomic E-state index is 13.3. The number of oxime groups is 1. The Morgan fingerprint density at radius 3 is 2.33 bits per heavy atom. The van der Waals surface area contributed by atoms with Crippen LogP contribution in [0.4, 0.5) is 0 Å². The number of nitrogens with zero attached hydrogens (tertiary/aromatic N) is 2. The van der Waals surface area contributed by atoms with Crippen molar-refractivity contribution >= 4 is 23.4 Å². The van der Waals surface area contributed by atoms with E-state index in [1.54, 1.807) is 12.1 Å². The zero-order valence-corrected chi connectivity index (χ0v) is 16.9. The highest BCUT2D eigenvalue weighted by molar-refractivity contribution is 6.08. The van der Waals surface area contributed by atoms with E-state index in [4.69, 9.17) is 16.3 Å². The van der Waals surface area contributed by atoms with Gasteiger partial charge in [0.2, 0.25) is 11.8 Å². The van der Waals surface area contributed by atoms with Gasteiger partial charge in [-0.2, -0.15) is 0 Å². The number of benzene rings is 2. The van der Waals surface area contributed by atoms with Crippen LogP contribution in [-0.2, 0) is 14.4 Å². The van der Waals surface area contributed by atoms with Gasteiger partial charge in [0.15, 0.2) is 0 Å². The maximum absolute atomic E-state index is 13.3. The van der Waals surface area contributed by atoms with Gasteiger partial charge < -0.3 is 21.2 Å². The predicted molar refractivity (Wildman–Crippen MR) is 112 cm³/mol. The molecule has 3 rings (SSSR count). The SMILES string of the molecule is CON=C1CN(C(=O)c2ccc(-c3ccccc3C)cc2)C(CC(N)=O)(C(N)=O)C1. The summed E-state index contributed by atoms with van der Waals surface area (Å²) >= 11 is 0. The number of carbonyl (C=O) groups excluding carboxylic acids is 3. The molecular weight excluding hydrogens is 384 g/mol. The fourth-order valence-electron chi connectivity index (χ4n) is 3.88. The molecule has 1 fully saturated rings. The highest BCUT2D eigenvalue weighted by atomic mass is 16.6. The van der Waals surface area contributed by atoms with Crippen molar-refractivity contribution in [3.8, 4) is 11.1 Å². The van der Waals surface area contributed by atoms with Gasteiger partial charge in [-0.3, -0.25) is 14.4 Å². The molecule has 0 saturated carbocycles. The molecule has 2 aromatic rings. The van der Waals surface area contributed by atoms with Crippen molar-refractivity contribution in [2.24, 2.45) is 16.6 Å². The molecule has 0 spiro atoms. The summed E-state index contributed by atoms with van der Waals surface area (Å²) < 4.78 is 0. The van der Waals surface area contributed by atoms with Crippen LogP contribution in [0.15, 0.2) is 53.7 Å². The maximum Gasteiger partial charge on any atom is 0.255 e. The first-order valence-electron chi connectivity index (χ1n) is 9.43. The monoisotopic (exact) mass is 408 g/mol. The predicted octanol–water partition coefficient (Wildman–Crippen LogP) is 1.61. The summed E-state index contributed by atoms with van der Waals surface area (Å²) in [7, 11) is 1.36. The molecule has 1 aliphatic rings. The van der Waals surface area contributed by atoms with E-state index in [1.807, 2.05) is 43.3 Å². The number of hydrogen-bond donors (Lipinski definition) is 2. The molecule has 30 heavy (non-hydrogen) atoms. The Hall–Kier alpha value is -3.68. The molecule has 0 bridgehead atoms. The average molecular weight is 408 g/mol. The van der Waals surface area contributed by atoms with E-state index in [-0.39, 0.29) is 13.0 Å². The quantitative estimate of drug-likeness (QED) is 0.704. The molecule has 1 atom stereocenters. The van der Waals surface area contributed by atoms with Crippen molar-refractivity contribution in [2.45, 2.75) is 25.3 Å². The van der Waals surface area contributed by atoms with Crippen LogP contribution in [0.25, 0.3) is 11.1 Å². The smallest absolute Gasteiger partial charge is 0.255 e. The number of nitrogens with two attached hydrogens (primary N) is 2. The van der Waals surface area contributed by atoms with E-state index in [0.717, 1.165) is 16.7 Å². The second-order valence-electron chi connectivity index (χ2n) is 7.34. The van der Waals surface area contributed by atoms with Gasteiger partial charge in [0.25, 0.3) is 5.91 Å². The Labute approximate surface area is 174 Å². The van der Waals surface area contributed by atoms with Gasteiger partial charge in [-0.25, -0.2) is 0 Å². The molecule has 1 heterocycles. The Morgan fingerprint density at radius 1 is 1.10 bits per heavy atom. The zero-order valence-electron chi connectivity index (χ0n) is 16.9. The highest BCUT2D eigenvalue weighted by Crippen LogP contribution is 2.33. The minimum Gasteiger partial charge on any atom is -0.399 e. The van der Waals surface area contributed by atoms with Gasteiger partial charge in [0.1, 0.15) is 12.6 Å². The Bertz CT molecular complexity index is 1020. The van der Waals surface area contributed by atoms with E-state index in [1.165, 1.54) is 12.0 Å². The average Bonchev–Trinajstić information content (AvgIpc) is 3.07. The fraction of sp³-hybridized carbons (Fsp3) is 0.273. The summed E-state index contributed by atoms with van der Waals surface area (Å²) in [5.41, 5.74) is 13.3. The van der Waals surface area contributed by atoms with Crippen molar-refractivity contribution in [1.29, 1.82) is 0 Å². The number of likely N-dealkylation sites (tertiary alicyclic amines) is 1. The lowest BCUT2D eigenvalue weighted by atomic mass is 9.89. The van der Waals surface area contributed by atoms with Crippen LogP contribution >= 0.6 is 0 Å². The first-order chi connectivity index (χ1) is 14.3. The van der Waals surface area contributed by atoms with Gasteiger partial charge in [-0.1, -0.05) is 41.6 Å². The van der Waals surface area contributed by atoms with E-state index in [2.05, 4.69) is 5.16 Å². The van der Waals surface area contributed by atoms with Crippen LogP contribution in [0.3, 0.4) is 0 Å². The molecule has 0 aliphatic carbocycles. The molecule has 2 aromatic carbocycles. The molecule has 8 nitrogen and oxygen atoms in total. The van der Waals surface area contributed by atoms with Crippen LogP contribution in [0.2, 0.25) is 0 Å². The summed E-state index contributed by atoms with van der Waals surface area (Å²) in [5, 5.41) is 3.86. The Kier molecular flexibility index (Phi) is 5.86. The largest absolute Gasteiger partial charge is 0.399 e. The van der Waals surface area contributed by atoms with Crippen molar-refractivity contribution in [3.05, 3.63) is 59.7 Å². The zero-order chi connectivity index (χ0) is 21.9. The third kappa shape index (κ3) is 3.89. The number of amides is 3. The second kappa shape index (κ2) is 8.36. The minimum atomic E-state index is -1.57. The van der Waals surface area contributed by atoms with Gasteiger partial charge in [-0.15, -0.1) is 0 Å².